The van der Waals surface area contributed by atoms with Crippen molar-refractivity contribution in [3.05, 3.63) is 0 Å². The molecule has 27 nitrogen and oxygen atoms in total. The molecular weight excluding hydrogens is 746 g/mol. The molecule has 310 valence electrons. The Morgan fingerprint density at radius 1 is 0.436 bits per heavy atom. The van der Waals surface area contributed by atoms with Crippen LogP contribution in [-0.4, -0.2) is 166 Å². The number of aliphatic hydroxyl groups excluding tert-OH is 4. The molecule has 27 heteroatoms. The highest BCUT2D eigenvalue weighted by atomic mass is 16.4. The van der Waals surface area contributed by atoms with Crippen LogP contribution in [0.2, 0.25) is 0 Å². The van der Waals surface area contributed by atoms with Crippen LogP contribution in [0.15, 0.2) is 0 Å². The predicted molar refractivity (Wildman–Crippen MR) is 179 cm³/mol. The molecule has 0 saturated heterocycles. The summed E-state index contributed by atoms with van der Waals surface area (Å²) in [6, 6.07) is -12.3. The van der Waals surface area contributed by atoms with E-state index in [1.54, 1.807) is 0 Å². The van der Waals surface area contributed by atoms with Gasteiger partial charge >= 0.3 is 5.97 Å². The second kappa shape index (κ2) is 25.1. The van der Waals surface area contributed by atoms with E-state index in [-0.39, 0.29) is 0 Å². The van der Waals surface area contributed by atoms with E-state index in [1.165, 1.54) is 0 Å². The van der Waals surface area contributed by atoms with Gasteiger partial charge in [-0.25, -0.2) is 0 Å². The molecule has 0 radical (unpaired) electrons. The largest absolute Gasteiger partial charge is 0.480 e. The van der Waals surface area contributed by atoms with Crippen LogP contribution in [0.25, 0.3) is 0 Å². The summed E-state index contributed by atoms with van der Waals surface area (Å²) in [5, 5.41) is 61.2. The SMILES string of the molecule is NC(=O)CC[C@H](NC(=O)[C@H](CCC(N)=O)NC(=O)[C@H](CO)NC(=O)[C@@H](N)CO)C(=O)N[C@@H](CO)C(=O)N[C@@H](CO)C(=O)N[C@@H](CC(N)=O)C(=O)NCC(=O)O. The fraction of sp³-hybridized carbons (Fsp3) is 0.607. The smallest absolute Gasteiger partial charge is 0.322 e. The zero-order valence-electron chi connectivity index (χ0n) is 29.1. The van der Waals surface area contributed by atoms with Gasteiger partial charge in [0.25, 0.3) is 0 Å². The number of aliphatic carboxylic acids is 1. The minimum absolute atomic E-state index is 0.507. The number of carboxylic acid groups (broad SMARTS) is 1. The minimum atomic E-state index is -1.94. The Balaban J connectivity index is 6.06. The molecule has 7 atom stereocenters. The van der Waals surface area contributed by atoms with Crippen molar-refractivity contribution in [2.45, 2.75) is 74.4 Å². The first kappa shape index (κ1) is 49.0. The summed E-state index contributed by atoms with van der Waals surface area (Å²) in [5.41, 5.74) is 20.8. The van der Waals surface area contributed by atoms with Crippen molar-refractivity contribution in [3.63, 3.8) is 0 Å². The van der Waals surface area contributed by atoms with Crippen molar-refractivity contribution in [2.24, 2.45) is 22.9 Å². The van der Waals surface area contributed by atoms with Crippen LogP contribution in [0.4, 0.5) is 0 Å². The highest BCUT2D eigenvalue weighted by molar-refractivity contribution is 5.98. The lowest BCUT2D eigenvalue weighted by atomic mass is 10.1. The fourth-order valence-electron chi connectivity index (χ4n) is 4.11. The number of nitrogens with one attached hydrogen (secondary N) is 7. The van der Waals surface area contributed by atoms with Crippen LogP contribution >= 0.6 is 0 Å². The number of carboxylic acids is 1. The van der Waals surface area contributed by atoms with Crippen LogP contribution in [0.3, 0.4) is 0 Å². The number of nitrogens with two attached hydrogens (primary N) is 4. The Morgan fingerprint density at radius 2 is 0.764 bits per heavy atom. The summed E-state index contributed by atoms with van der Waals surface area (Å²) in [6.07, 6.45) is -2.97. The Morgan fingerprint density at radius 3 is 1.07 bits per heavy atom. The Labute approximate surface area is 311 Å². The quantitative estimate of drug-likeness (QED) is 0.0367. The van der Waals surface area contributed by atoms with Gasteiger partial charge in [0.05, 0.1) is 32.8 Å². The van der Waals surface area contributed by atoms with Crippen LogP contribution in [0.5, 0.6) is 0 Å². The second-order valence-electron chi connectivity index (χ2n) is 11.5. The van der Waals surface area contributed by atoms with E-state index in [4.69, 9.17) is 33.1 Å². The van der Waals surface area contributed by atoms with Gasteiger partial charge in [0.2, 0.25) is 59.1 Å². The topological polar surface area (TPSA) is 477 Å². The molecule has 0 aromatic carbocycles. The van der Waals surface area contributed by atoms with Crippen LogP contribution in [0.1, 0.15) is 32.1 Å². The van der Waals surface area contributed by atoms with E-state index in [9.17, 15) is 68.1 Å². The van der Waals surface area contributed by atoms with E-state index in [2.05, 4.69) is 10.6 Å². The van der Waals surface area contributed by atoms with E-state index in [0.29, 0.717) is 0 Å². The van der Waals surface area contributed by atoms with Gasteiger partial charge in [0, 0.05) is 12.8 Å². The maximum absolute atomic E-state index is 13.3. The lowest BCUT2D eigenvalue weighted by Crippen LogP contribution is -2.61. The maximum Gasteiger partial charge on any atom is 0.322 e. The molecule has 0 spiro atoms. The molecule has 0 unspecified atom stereocenters. The predicted octanol–water partition coefficient (Wildman–Crippen LogP) is -11.2. The van der Waals surface area contributed by atoms with Gasteiger partial charge in [-0.05, 0) is 12.8 Å². The highest BCUT2D eigenvalue weighted by Crippen LogP contribution is 2.05. The molecule has 0 aliphatic heterocycles. The van der Waals surface area contributed by atoms with Crippen LogP contribution < -0.4 is 60.2 Å². The van der Waals surface area contributed by atoms with E-state index in [0.717, 1.165) is 0 Å². The fourth-order valence-corrected chi connectivity index (χ4v) is 4.11. The molecule has 0 heterocycles. The Kier molecular flexibility index (Phi) is 22.3. The lowest BCUT2D eigenvalue weighted by molar-refractivity contribution is -0.139. The molecule has 0 aliphatic rings. The van der Waals surface area contributed by atoms with E-state index >= 15 is 0 Å². The summed E-state index contributed by atoms with van der Waals surface area (Å²) in [7, 11) is 0. The van der Waals surface area contributed by atoms with E-state index < -0.39 is 172 Å². The molecule has 0 aromatic heterocycles. The van der Waals surface area contributed by atoms with Crippen molar-refractivity contribution in [1.29, 1.82) is 0 Å². The molecule has 0 rings (SSSR count). The highest BCUT2D eigenvalue weighted by Gasteiger charge is 2.34. The number of carbonyl (C=O) groups is 11. The monoisotopic (exact) mass is 793 g/mol. The summed E-state index contributed by atoms with van der Waals surface area (Å²) in [6.45, 7) is -5.09. The van der Waals surface area contributed by atoms with Crippen molar-refractivity contribution < 1.29 is 78.3 Å². The van der Waals surface area contributed by atoms with Crippen molar-refractivity contribution >= 4 is 65.0 Å². The van der Waals surface area contributed by atoms with Crippen LogP contribution in [0, 0.1) is 0 Å². The van der Waals surface area contributed by atoms with Crippen molar-refractivity contribution in [2.75, 3.05) is 33.0 Å². The summed E-state index contributed by atoms with van der Waals surface area (Å²) < 4.78 is 0. The lowest BCUT2D eigenvalue weighted by Gasteiger charge is -2.26. The normalized spacial score (nSPS) is 14.5. The van der Waals surface area contributed by atoms with Gasteiger partial charge in [0.1, 0.15) is 48.8 Å². The summed E-state index contributed by atoms with van der Waals surface area (Å²) in [4.78, 5) is 135. The average Bonchev–Trinajstić information content (AvgIpc) is 3.12. The zero-order valence-corrected chi connectivity index (χ0v) is 29.1. The molecule has 0 aromatic rings. The molecule has 0 bridgehead atoms. The molecule has 0 aliphatic carbocycles. The van der Waals surface area contributed by atoms with Gasteiger partial charge in [-0.2, -0.15) is 0 Å². The number of primary amides is 3. The number of carbonyl (C=O) groups excluding carboxylic acids is 10. The summed E-state index contributed by atoms with van der Waals surface area (Å²) in [5.74, 6) is -13.0. The number of rotatable bonds is 27. The third kappa shape index (κ3) is 19.0. The van der Waals surface area contributed by atoms with Crippen molar-refractivity contribution in [3.8, 4) is 0 Å². The van der Waals surface area contributed by atoms with E-state index in [1.807, 2.05) is 26.6 Å². The standard InChI is InChI=1S/C28H47N11O16/c29-11(7-40)22(49)37-15(8-41)26(53)35-12(1-3-18(30)44)24(51)34-13(2-4-19(31)45)25(52)38-17(10-43)28(55)39-16(9-42)27(54)36-14(5-20(32)46)23(50)33-6-21(47)48/h11-17,40-43H,1-10,29H2,(H2,30,44)(H2,31,45)(H2,32,46)(H,33,50)(H,34,51)(H,35,53)(H,36,54)(H,37,49)(H,38,52)(H,39,55)(H,47,48)/t11-,12-,13-,14-,15-,16-,17-/m0/s1. The first-order chi connectivity index (χ1) is 25.7. The Hall–Kier alpha value is -6.03. The number of amides is 10. The number of hydrogen-bond donors (Lipinski definition) is 16. The molecule has 0 saturated carbocycles. The van der Waals surface area contributed by atoms with Crippen LogP contribution in [-0.2, 0) is 52.7 Å². The van der Waals surface area contributed by atoms with Crippen molar-refractivity contribution in [1.82, 2.24) is 37.2 Å². The third-order valence-electron chi connectivity index (χ3n) is 7.06. The molecule has 0 fully saturated rings. The van der Waals surface area contributed by atoms with Gasteiger partial charge in [-0.1, -0.05) is 0 Å². The minimum Gasteiger partial charge on any atom is -0.480 e. The maximum atomic E-state index is 13.3. The number of aliphatic hydroxyl groups is 4. The Bertz CT molecular complexity index is 1430. The first-order valence-corrected chi connectivity index (χ1v) is 16.1. The van der Waals surface area contributed by atoms with Gasteiger partial charge in [-0.3, -0.25) is 52.7 Å². The molecular formula is C28H47N11O16. The van der Waals surface area contributed by atoms with Gasteiger partial charge < -0.3 is 85.7 Å². The average molecular weight is 794 g/mol. The summed E-state index contributed by atoms with van der Waals surface area (Å²) >= 11 is 0. The third-order valence-corrected chi connectivity index (χ3v) is 7.06. The zero-order chi connectivity index (χ0) is 42.4. The first-order valence-electron chi connectivity index (χ1n) is 16.1. The second-order valence-corrected chi connectivity index (χ2v) is 11.5. The molecule has 55 heavy (non-hydrogen) atoms. The molecule has 20 N–H and O–H groups in total. The number of hydrogen-bond acceptors (Lipinski definition) is 16. The van der Waals surface area contributed by atoms with Gasteiger partial charge in [-0.15, -0.1) is 0 Å². The molecule has 10 amide bonds. The van der Waals surface area contributed by atoms with Gasteiger partial charge in [0.15, 0.2) is 0 Å².